The van der Waals surface area contributed by atoms with E-state index in [0.29, 0.717) is 28.9 Å². The lowest BCUT2D eigenvalue weighted by molar-refractivity contribution is 0.190. The van der Waals surface area contributed by atoms with Gasteiger partial charge in [-0.15, -0.1) is 0 Å². The Morgan fingerprint density at radius 3 is 2.69 bits per heavy atom. The molecule has 9 nitrogen and oxygen atoms in total. The third-order valence-corrected chi connectivity index (χ3v) is 6.11. The second kappa shape index (κ2) is 9.81. The minimum Gasteiger partial charge on any atom is -0.382 e. The molecule has 0 bridgehead atoms. The van der Waals surface area contributed by atoms with Gasteiger partial charge in [-0.05, 0) is 31.9 Å². The van der Waals surface area contributed by atoms with Gasteiger partial charge in [-0.1, -0.05) is 29.4 Å². The first-order valence-corrected chi connectivity index (χ1v) is 11.7. The Morgan fingerprint density at radius 1 is 1.14 bits per heavy atom. The highest BCUT2D eigenvalue weighted by atomic mass is 16.5. The van der Waals surface area contributed by atoms with E-state index in [2.05, 4.69) is 32.6 Å². The average molecular weight is 473 g/mol. The molecular weight excluding hydrogens is 444 g/mol. The number of ether oxygens (including phenoxy) is 1. The van der Waals surface area contributed by atoms with Crippen LogP contribution in [0.1, 0.15) is 31.9 Å². The van der Waals surface area contributed by atoms with Crippen molar-refractivity contribution in [2.45, 2.75) is 38.9 Å². The van der Waals surface area contributed by atoms with Crippen molar-refractivity contribution < 1.29 is 9.26 Å². The van der Waals surface area contributed by atoms with Crippen LogP contribution in [-0.4, -0.2) is 38.9 Å². The highest BCUT2D eigenvalue weighted by Gasteiger charge is 2.17. The molecule has 1 aliphatic rings. The Balaban J connectivity index is 1.36. The van der Waals surface area contributed by atoms with E-state index >= 15 is 0 Å². The Kier molecular flexibility index (Phi) is 6.43. The van der Waals surface area contributed by atoms with E-state index in [1.165, 1.54) is 11.6 Å². The molecule has 1 atom stereocenters. The van der Waals surface area contributed by atoms with Crippen LogP contribution in [0, 0.1) is 0 Å². The standard InChI is InChI=1S/C26H28N6O3/c1-16(2)32-14-19(7-8-24(32)33)22-13-29-26(27)25(30-22)23-11-21(31-35-23)18-5-3-17(4-6-18)12-28-20-9-10-34-15-20/h3-8,11,13-14,16,20,28H,9-10,12,15H2,1-2H3,(H2,27,29). The van der Waals surface area contributed by atoms with Crippen molar-refractivity contribution in [1.82, 2.24) is 25.0 Å². The average Bonchev–Trinajstić information content (AvgIpc) is 3.56. The molecule has 5 rings (SSSR count). The quantitative estimate of drug-likeness (QED) is 0.418. The Bertz CT molecular complexity index is 1370. The molecule has 3 N–H and O–H groups in total. The summed E-state index contributed by atoms with van der Waals surface area (Å²) in [6, 6.07) is 13.7. The molecular formula is C26H28N6O3. The maximum atomic E-state index is 12.1. The molecule has 35 heavy (non-hydrogen) atoms. The number of benzene rings is 1. The van der Waals surface area contributed by atoms with Gasteiger partial charge in [-0.25, -0.2) is 9.97 Å². The van der Waals surface area contributed by atoms with Crippen LogP contribution >= 0.6 is 0 Å². The maximum Gasteiger partial charge on any atom is 0.250 e. The second-order valence-electron chi connectivity index (χ2n) is 8.96. The second-order valence-corrected chi connectivity index (χ2v) is 8.96. The smallest absolute Gasteiger partial charge is 0.250 e. The molecule has 0 spiro atoms. The van der Waals surface area contributed by atoms with Gasteiger partial charge in [0.25, 0.3) is 5.56 Å². The fourth-order valence-corrected chi connectivity index (χ4v) is 4.05. The van der Waals surface area contributed by atoms with E-state index in [0.717, 1.165) is 37.3 Å². The summed E-state index contributed by atoms with van der Waals surface area (Å²) in [6.07, 6.45) is 4.42. The molecule has 180 valence electrons. The SMILES string of the molecule is CC(C)n1cc(-c2cnc(N)c(-c3cc(-c4ccc(CNC5CCOC5)cc4)no3)n2)ccc1=O. The first-order valence-electron chi connectivity index (χ1n) is 11.7. The molecule has 1 unspecified atom stereocenters. The van der Waals surface area contributed by atoms with E-state index in [1.54, 1.807) is 23.0 Å². The van der Waals surface area contributed by atoms with Gasteiger partial charge in [0, 0.05) is 54.7 Å². The summed E-state index contributed by atoms with van der Waals surface area (Å²) in [5, 5.41) is 7.73. The Morgan fingerprint density at radius 2 is 1.94 bits per heavy atom. The van der Waals surface area contributed by atoms with E-state index in [-0.39, 0.29) is 17.4 Å². The van der Waals surface area contributed by atoms with Gasteiger partial charge >= 0.3 is 0 Å². The van der Waals surface area contributed by atoms with Crippen molar-refractivity contribution in [3.8, 4) is 34.0 Å². The van der Waals surface area contributed by atoms with Crippen molar-refractivity contribution in [3.05, 3.63) is 70.8 Å². The van der Waals surface area contributed by atoms with E-state index in [1.807, 2.05) is 32.0 Å². The largest absolute Gasteiger partial charge is 0.382 e. The number of anilines is 1. The molecule has 1 aromatic carbocycles. The first kappa shape index (κ1) is 22.9. The van der Waals surface area contributed by atoms with Crippen molar-refractivity contribution in [3.63, 3.8) is 0 Å². The van der Waals surface area contributed by atoms with E-state index in [9.17, 15) is 4.79 Å². The highest BCUT2D eigenvalue weighted by molar-refractivity contribution is 5.72. The topological polar surface area (TPSA) is 121 Å². The predicted molar refractivity (Wildman–Crippen MR) is 134 cm³/mol. The van der Waals surface area contributed by atoms with E-state index < -0.39 is 0 Å². The number of nitrogens with one attached hydrogen (secondary N) is 1. The number of nitrogen functional groups attached to an aromatic ring is 1. The van der Waals surface area contributed by atoms with Crippen LogP contribution in [0.5, 0.6) is 0 Å². The number of pyridine rings is 1. The van der Waals surface area contributed by atoms with Crippen LogP contribution < -0.4 is 16.6 Å². The summed E-state index contributed by atoms with van der Waals surface area (Å²) in [4.78, 5) is 21.1. The summed E-state index contributed by atoms with van der Waals surface area (Å²) >= 11 is 0. The van der Waals surface area contributed by atoms with Gasteiger partial charge in [0.15, 0.2) is 17.3 Å². The molecule has 1 fully saturated rings. The van der Waals surface area contributed by atoms with Gasteiger partial charge in [-0.3, -0.25) is 4.79 Å². The summed E-state index contributed by atoms with van der Waals surface area (Å²) in [7, 11) is 0. The molecule has 4 heterocycles. The van der Waals surface area contributed by atoms with Crippen LogP contribution in [0.4, 0.5) is 5.82 Å². The maximum absolute atomic E-state index is 12.1. The number of nitrogens with two attached hydrogens (primary N) is 1. The fourth-order valence-electron chi connectivity index (χ4n) is 4.05. The molecule has 3 aromatic heterocycles. The molecule has 0 aliphatic carbocycles. The molecule has 0 radical (unpaired) electrons. The molecule has 1 aliphatic heterocycles. The Labute approximate surface area is 203 Å². The number of aromatic nitrogens is 4. The number of hydrogen-bond acceptors (Lipinski definition) is 8. The highest BCUT2D eigenvalue weighted by Crippen LogP contribution is 2.29. The molecule has 9 heteroatoms. The third kappa shape index (κ3) is 5.01. The minimum atomic E-state index is -0.0680. The third-order valence-electron chi connectivity index (χ3n) is 6.11. The van der Waals surface area contributed by atoms with E-state index in [4.69, 9.17) is 15.0 Å². The number of hydrogen-bond donors (Lipinski definition) is 2. The van der Waals surface area contributed by atoms with Crippen LogP contribution in [0.2, 0.25) is 0 Å². The molecule has 0 amide bonds. The van der Waals surface area contributed by atoms with Crippen LogP contribution in [0.3, 0.4) is 0 Å². The first-order chi connectivity index (χ1) is 17.0. The normalized spacial score (nSPS) is 15.7. The van der Waals surface area contributed by atoms with Gasteiger partial charge in [0.1, 0.15) is 5.69 Å². The van der Waals surface area contributed by atoms with Gasteiger partial charge < -0.3 is 24.9 Å². The Hall–Kier alpha value is -3.82. The van der Waals surface area contributed by atoms with Crippen molar-refractivity contribution in [2.24, 2.45) is 0 Å². The van der Waals surface area contributed by atoms with Gasteiger partial charge in [-0.2, -0.15) is 0 Å². The summed E-state index contributed by atoms with van der Waals surface area (Å²) in [6.45, 7) is 6.30. The van der Waals surface area contributed by atoms with Gasteiger partial charge in [0.2, 0.25) is 0 Å². The number of rotatable bonds is 7. The summed E-state index contributed by atoms with van der Waals surface area (Å²) in [5.41, 5.74) is 10.6. The summed E-state index contributed by atoms with van der Waals surface area (Å²) < 4.78 is 12.7. The number of nitrogens with zero attached hydrogens (tertiary/aromatic N) is 4. The zero-order chi connectivity index (χ0) is 24.4. The lowest BCUT2D eigenvalue weighted by Crippen LogP contribution is -2.28. The van der Waals surface area contributed by atoms with Crippen molar-refractivity contribution in [2.75, 3.05) is 18.9 Å². The minimum absolute atomic E-state index is 0.0272. The van der Waals surface area contributed by atoms with Gasteiger partial charge in [0.05, 0.1) is 18.5 Å². The van der Waals surface area contributed by atoms with Crippen LogP contribution in [0.15, 0.2) is 64.2 Å². The predicted octanol–water partition coefficient (Wildman–Crippen LogP) is 3.67. The zero-order valence-electron chi connectivity index (χ0n) is 19.8. The lowest BCUT2D eigenvalue weighted by atomic mass is 10.1. The fraction of sp³-hybridized carbons (Fsp3) is 0.308. The van der Waals surface area contributed by atoms with Crippen molar-refractivity contribution in [1.29, 1.82) is 0 Å². The molecule has 4 aromatic rings. The zero-order valence-corrected chi connectivity index (χ0v) is 19.8. The van der Waals surface area contributed by atoms with Crippen molar-refractivity contribution >= 4 is 5.82 Å². The molecule has 1 saturated heterocycles. The molecule has 0 saturated carbocycles. The lowest BCUT2D eigenvalue weighted by Gasteiger charge is -2.11. The van der Waals surface area contributed by atoms with Crippen LogP contribution in [0.25, 0.3) is 34.0 Å². The monoisotopic (exact) mass is 472 g/mol. The van der Waals surface area contributed by atoms with Crippen LogP contribution in [-0.2, 0) is 11.3 Å². The summed E-state index contributed by atoms with van der Waals surface area (Å²) in [5.74, 6) is 0.668.